The summed E-state index contributed by atoms with van der Waals surface area (Å²) >= 11 is 0. The Kier molecular flexibility index (Phi) is 4.50. The summed E-state index contributed by atoms with van der Waals surface area (Å²) in [7, 11) is 0. The van der Waals surface area contributed by atoms with Gasteiger partial charge in [-0.2, -0.15) is 0 Å². The van der Waals surface area contributed by atoms with Crippen LogP contribution >= 0.6 is 0 Å². The third kappa shape index (κ3) is 3.53. The number of aliphatic hydroxyl groups excluding tert-OH is 1. The van der Waals surface area contributed by atoms with Crippen molar-refractivity contribution in [2.24, 2.45) is 5.92 Å². The number of ether oxygens (including phenoxy) is 1. The van der Waals surface area contributed by atoms with Crippen LogP contribution in [-0.2, 0) is 9.53 Å². The van der Waals surface area contributed by atoms with Crippen molar-refractivity contribution in [3.05, 3.63) is 23.9 Å². The van der Waals surface area contributed by atoms with Crippen molar-refractivity contribution in [1.29, 1.82) is 0 Å². The maximum atomic E-state index is 12.0. The molecule has 1 aliphatic heterocycles. The van der Waals surface area contributed by atoms with Crippen LogP contribution in [0.25, 0.3) is 0 Å². The van der Waals surface area contributed by atoms with E-state index < -0.39 is 0 Å². The van der Waals surface area contributed by atoms with Crippen LogP contribution < -0.4 is 5.32 Å². The quantitative estimate of drug-likeness (QED) is 0.771. The summed E-state index contributed by atoms with van der Waals surface area (Å²) < 4.78 is 5.37. The Morgan fingerprint density at radius 2 is 2.47 bits per heavy atom. The van der Waals surface area contributed by atoms with Crippen LogP contribution in [0.1, 0.15) is 19.0 Å². The predicted molar refractivity (Wildman–Crippen MR) is 70.4 cm³/mol. The minimum atomic E-state index is -0.213. The molecular weight excluding hydrogens is 244 g/mol. The molecule has 5 nitrogen and oxygen atoms in total. The van der Waals surface area contributed by atoms with E-state index in [-0.39, 0.29) is 24.5 Å². The van der Waals surface area contributed by atoms with E-state index >= 15 is 0 Å². The fourth-order valence-electron chi connectivity index (χ4n) is 2.00. The largest absolute Gasteiger partial charge is 0.384 e. The van der Waals surface area contributed by atoms with Crippen LogP contribution in [0.3, 0.4) is 0 Å². The molecule has 19 heavy (non-hydrogen) atoms. The smallest absolute Gasteiger partial charge is 0.231 e. The first-order valence-corrected chi connectivity index (χ1v) is 6.20. The molecule has 2 N–H and O–H groups in total. The van der Waals surface area contributed by atoms with E-state index in [2.05, 4.69) is 22.1 Å². The van der Waals surface area contributed by atoms with E-state index in [4.69, 9.17) is 9.84 Å². The second-order valence-electron chi connectivity index (χ2n) is 4.33. The van der Waals surface area contributed by atoms with Crippen LogP contribution in [0.2, 0.25) is 0 Å². The highest BCUT2D eigenvalue weighted by atomic mass is 16.5. The standard InChI is InChI=1S/C14H16N2O3/c1-10-12(7-9-19-10)14(18)16-13-6-2-4-11(15-13)5-3-8-17/h2,4,6,10,12,17H,7-9H2,1H3,(H,15,16,18). The molecule has 0 bridgehead atoms. The summed E-state index contributed by atoms with van der Waals surface area (Å²) in [4.78, 5) is 16.2. The van der Waals surface area contributed by atoms with E-state index in [0.29, 0.717) is 18.1 Å². The number of hydrogen-bond acceptors (Lipinski definition) is 4. The highest BCUT2D eigenvalue weighted by Crippen LogP contribution is 2.21. The highest BCUT2D eigenvalue weighted by Gasteiger charge is 2.30. The summed E-state index contributed by atoms with van der Waals surface area (Å²) in [5.41, 5.74) is 0.516. The molecule has 1 fully saturated rings. The fourth-order valence-corrected chi connectivity index (χ4v) is 2.00. The predicted octanol–water partition coefficient (Wildman–Crippen LogP) is 0.789. The molecule has 1 aliphatic rings. The van der Waals surface area contributed by atoms with E-state index in [1.807, 2.05) is 6.92 Å². The lowest BCUT2D eigenvalue weighted by atomic mass is 10.0. The molecule has 0 aromatic carbocycles. The normalized spacial score (nSPS) is 21.6. The van der Waals surface area contributed by atoms with Gasteiger partial charge in [0.2, 0.25) is 5.91 Å². The fraction of sp³-hybridized carbons (Fsp3) is 0.429. The molecular formula is C14H16N2O3. The number of carbonyl (C=O) groups is 1. The molecule has 2 atom stereocenters. The summed E-state index contributed by atoms with van der Waals surface area (Å²) in [5, 5.41) is 11.4. The number of rotatable bonds is 2. The topological polar surface area (TPSA) is 71.5 Å². The SMILES string of the molecule is CC1OCCC1C(=O)Nc1cccc(C#CCO)n1. The monoisotopic (exact) mass is 260 g/mol. The number of nitrogens with one attached hydrogen (secondary N) is 1. The van der Waals surface area contributed by atoms with Gasteiger partial charge in [-0.1, -0.05) is 12.0 Å². The Balaban J connectivity index is 2.04. The Bertz CT molecular complexity index is 519. The maximum Gasteiger partial charge on any atom is 0.231 e. The van der Waals surface area contributed by atoms with E-state index in [0.717, 1.165) is 6.42 Å². The lowest BCUT2D eigenvalue weighted by molar-refractivity contribution is -0.121. The molecule has 2 rings (SSSR count). The first-order valence-electron chi connectivity index (χ1n) is 6.20. The average Bonchev–Trinajstić information content (AvgIpc) is 2.83. The number of hydrogen-bond donors (Lipinski definition) is 2. The van der Waals surface area contributed by atoms with Crippen molar-refractivity contribution < 1.29 is 14.6 Å². The van der Waals surface area contributed by atoms with Crippen molar-refractivity contribution in [3.8, 4) is 11.8 Å². The lowest BCUT2D eigenvalue weighted by Gasteiger charge is -2.13. The number of pyridine rings is 1. The molecule has 100 valence electrons. The third-order valence-corrected chi connectivity index (χ3v) is 3.01. The molecule has 1 saturated heterocycles. The van der Waals surface area contributed by atoms with Gasteiger partial charge in [-0.05, 0) is 31.4 Å². The van der Waals surface area contributed by atoms with E-state index in [1.54, 1.807) is 18.2 Å². The minimum absolute atomic E-state index is 0.0580. The van der Waals surface area contributed by atoms with Gasteiger partial charge in [-0.3, -0.25) is 4.79 Å². The van der Waals surface area contributed by atoms with Gasteiger partial charge < -0.3 is 15.2 Å². The van der Waals surface area contributed by atoms with Gasteiger partial charge in [0.25, 0.3) is 0 Å². The van der Waals surface area contributed by atoms with E-state index in [1.165, 1.54) is 0 Å². The van der Waals surface area contributed by atoms with E-state index in [9.17, 15) is 4.79 Å². The lowest BCUT2D eigenvalue weighted by Crippen LogP contribution is -2.28. The molecule has 0 saturated carbocycles. The second-order valence-corrected chi connectivity index (χ2v) is 4.33. The third-order valence-electron chi connectivity index (χ3n) is 3.01. The zero-order valence-corrected chi connectivity index (χ0v) is 10.7. The Morgan fingerprint density at radius 1 is 1.63 bits per heavy atom. The van der Waals surface area contributed by atoms with Gasteiger partial charge in [0, 0.05) is 6.61 Å². The van der Waals surface area contributed by atoms with Crippen molar-refractivity contribution >= 4 is 11.7 Å². The zero-order valence-electron chi connectivity index (χ0n) is 10.7. The van der Waals surface area contributed by atoms with Crippen molar-refractivity contribution in [2.75, 3.05) is 18.5 Å². The van der Waals surface area contributed by atoms with Gasteiger partial charge in [-0.25, -0.2) is 4.98 Å². The Morgan fingerprint density at radius 3 is 3.16 bits per heavy atom. The van der Waals surface area contributed by atoms with Gasteiger partial charge in [-0.15, -0.1) is 0 Å². The number of carbonyl (C=O) groups excluding carboxylic acids is 1. The molecule has 2 unspecified atom stereocenters. The van der Waals surface area contributed by atoms with Gasteiger partial charge in [0.1, 0.15) is 18.1 Å². The summed E-state index contributed by atoms with van der Waals surface area (Å²) in [6.45, 7) is 2.30. The molecule has 0 spiro atoms. The Labute approximate surface area is 112 Å². The molecule has 0 aliphatic carbocycles. The zero-order chi connectivity index (χ0) is 13.7. The van der Waals surface area contributed by atoms with Gasteiger partial charge >= 0.3 is 0 Å². The van der Waals surface area contributed by atoms with Crippen molar-refractivity contribution in [2.45, 2.75) is 19.4 Å². The molecule has 1 amide bonds. The minimum Gasteiger partial charge on any atom is -0.384 e. The Hall–Kier alpha value is -1.90. The highest BCUT2D eigenvalue weighted by molar-refractivity contribution is 5.92. The molecule has 2 heterocycles. The number of amides is 1. The first-order chi connectivity index (χ1) is 9.20. The van der Waals surface area contributed by atoms with Gasteiger partial charge in [0.05, 0.1) is 12.0 Å². The number of anilines is 1. The van der Waals surface area contributed by atoms with Crippen LogP contribution in [0.15, 0.2) is 18.2 Å². The van der Waals surface area contributed by atoms with Crippen LogP contribution in [0.5, 0.6) is 0 Å². The van der Waals surface area contributed by atoms with Crippen LogP contribution in [0.4, 0.5) is 5.82 Å². The summed E-state index contributed by atoms with van der Waals surface area (Å²) in [5.74, 6) is 5.47. The van der Waals surface area contributed by atoms with Crippen LogP contribution in [-0.4, -0.2) is 35.3 Å². The molecule has 0 radical (unpaired) electrons. The van der Waals surface area contributed by atoms with Gasteiger partial charge in [0.15, 0.2) is 0 Å². The van der Waals surface area contributed by atoms with Crippen molar-refractivity contribution in [3.63, 3.8) is 0 Å². The maximum absolute atomic E-state index is 12.0. The molecule has 1 aromatic heterocycles. The number of nitrogens with zero attached hydrogens (tertiary/aromatic N) is 1. The average molecular weight is 260 g/mol. The number of aromatic nitrogens is 1. The number of aliphatic hydroxyl groups is 1. The molecule has 5 heteroatoms. The van der Waals surface area contributed by atoms with Crippen molar-refractivity contribution in [1.82, 2.24) is 4.98 Å². The summed E-state index contributed by atoms with van der Waals surface area (Å²) in [6, 6.07) is 5.20. The summed E-state index contributed by atoms with van der Waals surface area (Å²) in [6.07, 6.45) is 0.675. The second kappa shape index (κ2) is 6.32. The van der Waals surface area contributed by atoms with Crippen LogP contribution in [0, 0.1) is 17.8 Å². The molecule has 1 aromatic rings. The first kappa shape index (κ1) is 13.5.